The first-order chi connectivity index (χ1) is 11.1. The van der Waals surface area contributed by atoms with Gasteiger partial charge in [-0.1, -0.05) is 13.8 Å². The number of hydrogen-bond donors (Lipinski definition) is 0. The van der Waals surface area contributed by atoms with Crippen LogP contribution in [0.1, 0.15) is 42.4 Å². The maximum atomic E-state index is 13.7. The topological polar surface area (TPSA) is 51.1 Å². The summed E-state index contributed by atoms with van der Waals surface area (Å²) >= 11 is 0. The summed E-state index contributed by atoms with van der Waals surface area (Å²) in [5, 5.41) is 0. The fourth-order valence-corrected chi connectivity index (χ4v) is 2.76. The van der Waals surface area contributed by atoms with Gasteiger partial charge in [-0.2, -0.15) is 0 Å². The van der Waals surface area contributed by atoms with Gasteiger partial charge >= 0.3 is 0 Å². The molecule has 122 valence electrons. The molecule has 1 aliphatic rings. The van der Waals surface area contributed by atoms with Crippen molar-refractivity contribution in [1.82, 2.24) is 19.9 Å². The Labute approximate surface area is 135 Å². The van der Waals surface area contributed by atoms with Crippen molar-refractivity contribution < 1.29 is 9.13 Å². The van der Waals surface area contributed by atoms with E-state index in [0.717, 1.165) is 42.2 Å². The number of fused-ring (bicyclic) bond motifs is 1. The molecule has 6 heteroatoms. The first-order valence-corrected chi connectivity index (χ1v) is 7.82. The summed E-state index contributed by atoms with van der Waals surface area (Å²) in [6.45, 7) is 6.53. The number of aromatic nitrogens is 3. The number of ether oxygens (including phenoxy) is 1. The number of hydrogen-bond acceptors (Lipinski definition) is 5. The van der Waals surface area contributed by atoms with Gasteiger partial charge in [-0.25, -0.2) is 19.3 Å². The maximum Gasteiger partial charge on any atom is 0.250 e. The highest BCUT2D eigenvalue weighted by molar-refractivity contribution is 5.23. The first-order valence-electron chi connectivity index (χ1n) is 7.82. The summed E-state index contributed by atoms with van der Waals surface area (Å²) in [5.74, 6) is 0.852. The smallest absolute Gasteiger partial charge is 0.250 e. The van der Waals surface area contributed by atoms with Gasteiger partial charge in [-0.3, -0.25) is 4.90 Å². The molecule has 5 nitrogen and oxygen atoms in total. The second kappa shape index (κ2) is 6.58. The minimum absolute atomic E-state index is 0.0346. The summed E-state index contributed by atoms with van der Waals surface area (Å²) in [6.07, 6.45) is 4.48. The van der Waals surface area contributed by atoms with Crippen LogP contribution in [0.5, 0.6) is 5.88 Å². The molecule has 0 amide bonds. The molecule has 0 spiro atoms. The van der Waals surface area contributed by atoms with E-state index in [9.17, 15) is 4.39 Å². The molecule has 2 aromatic rings. The van der Waals surface area contributed by atoms with Crippen molar-refractivity contribution >= 4 is 0 Å². The highest BCUT2D eigenvalue weighted by Crippen LogP contribution is 2.21. The number of methoxy groups -OCH3 is 1. The largest absolute Gasteiger partial charge is 0.479 e. The van der Waals surface area contributed by atoms with E-state index in [0.29, 0.717) is 12.5 Å². The van der Waals surface area contributed by atoms with Crippen molar-refractivity contribution in [3.8, 4) is 5.88 Å². The van der Waals surface area contributed by atoms with Gasteiger partial charge in [0, 0.05) is 55.6 Å². The molecule has 23 heavy (non-hydrogen) atoms. The van der Waals surface area contributed by atoms with E-state index in [1.54, 1.807) is 6.20 Å². The van der Waals surface area contributed by atoms with Crippen LogP contribution >= 0.6 is 0 Å². The van der Waals surface area contributed by atoms with Crippen molar-refractivity contribution in [2.75, 3.05) is 13.7 Å². The lowest BCUT2D eigenvalue weighted by molar-refractivity contribution is 0.241. The molecule has 3 rings (SSSR count). The van der Waals surface area contributed by atoms with Gasteiger partial charge in [0.05, 0.1) is 7.11 Å². The Kier molecular flexibility index (Phi) is 4.52. The van der Waals surface area contributed by atoms with Crippen LogP contribution in [0, 0.1) is 5.82 Å². The quantitative estimate of drug-likeness (QED) is 0.868. The molecule has 0 aromatic carbocycles. The molecule has 0 aliphatic carbocycles. The fraction of sp³-hybridized carbons (Fsp3) is 0.471. The molecule has 3 heterocycles. The Morgan fingerprint density at radius 3 is 2.83 bits per heavy atom. The predicted octanol–water partition coefficient (Wildman–Crippen LogP) is 2.70. The number of halogens is 1. The van der Waals surface area contributed by atoms with Crippen molar-refractivity contribution in [3.05, 3.63) is 46.9 Å². The average molecular weight is 316 g/mol. The summed E-state index contributed by atoms with van der Waals surface area (Å²) < 4.78 is 18.6. The second-order valence-electron chi connectivity index (χ2n) is 6.15. The molecule has 1 aliphatic heterocycles. The van der Waals surface area contributed by atoms with Crippen LogP contribution < -0.4 is 4.74 Å². The zero-order valence-electron chi connectivity index (χ0n) is 13.7. The van der Waals surface area contributed by atoms with Crippen LogP contribution in [-0.2, 0) is 19.5 Å². The normalized spacial score (nSPS) is 14.8. The van der Waals surface area contributed by atoms with Gasteiger partial charge < -0.3 is 4.74 Å². The predicted molar refractivity (Wildman–Crippen MR) is 84.7 cm³/mol. The van der Waals surface area contributed by atoms with E-state index in [-0.39, 0.29) is 5.88 Å². The molecule has 0 fully saturated rings. The molecule has 0 saturated carbocycles. The fourth-order valence-electron chi connectivity index (χ4n) is 2.76. The van der Waals surface area contributed by atoms with E-state index in [2.05, 4.69) is 33.7 Å². The Morgan fingerprint density at radius 2 is 2.13 bits per heavy atom. The van der Waals surface area contributed by atoms with Crippen LogP contribution in [0.4, 0.5) is 4.39 Å². The highest BCUT2D eigenvalue weighted by atomic mass is 19.1. The van der Waals surface area contributed by atoms with Crippen molar-refractivity contribution in [3.63, 3.8) is 0 Å². The molecule has 0 saturated heterocycles. The molecular formula is C17H21FN4O. The van der Waals surface area contributed by atoms with Crippen molar-refractivity contribution in [2.24, 2.45) is 0 Å². The Bertz CT molecular complexity index is 705. The van der Waals surface area contributed by atoms with E-state index in [1.165, 1.54) is 13.2 Å². The second-order valence-corrected chi connectivity index (χ2v) is 6.15. The van der Waals surface area contributed by atoms with Crippen molar-refractivity contribution in [2.45, 2.75) is 39.3 Å². The Balaban J connectivity index is 1.71. The van der Waals surface area contributed by atoms with Crippen LogP contribution in [0.2, 0.25) is 0 Å². The third-order valence-corrected chi connectivity index (χ3v) is 4.01. The highest BCUT2D eigenvalue weighted by Gasteiger charge is 2.19. The van der Waals surface area contributed by atoms with Crippen molar-refractivity contribution in [1.29, 1.82) is 0 Å². The van der Waals surface area contributed by atoms with Crippen LogP contribution in [0.3, 0.4) is 0 Å². The molecule has 0 N–H and O–H groups in total. The van der Waals surface area contributed by atoms with Crippen LogP contribution in [-0.4, -0.2) is 33.5 Å². The van der Waals surface area contributed by atoms with Gasteiger partial charge in [-0.05, 0) is 11.6 Å². The third-order valence-electron chi connectivity index (χ3n) is 4.01. The number of pyridine rings is 1. The van der Waals surface area contributed by atoms with E-state index in [4.69, 9.17) is 4.74 Å². The van der Waals surface area contributed by atoms with Gasteiger partial charge in [0.1, 0.15) is 5.82 Å². The molecule has 2 aromatic heterocycles. The lowest BCUT2D eigenvalue weighted by Gasteiger charge is -2.28. The summed E-state index contributed by atoms with van der Waals surface area (Å²) in [7, 11) is 1.41. The zero-order chi connectivity index (χ0) is 16.4. The lowest BCUT2D eigenvalue weighted by atomic mass is 10.1. The van der Waals surface area contributed by atoms with E-state index in [1.807, 2.05) is 6.20 Å². The van der Waals surface area contributed by atoms with Crippen LogP contribution in [0.15, 0.2) is 18.5 Å². The summed E-state index contributed by atoms with van der Waals surface area (Å²) in [4.78, 5) is 15.4. The van der Waals surface area contributed by atoms with E-state index >= 15 is 0 Å². The first kappa shape index (κ1) is 15.8. The van der Waals surface area contributed by atoms with Gasteiger partial charge in [-0.15, -0.1) is 0 Å². The number of nitrogens with zero attached hydrogens (tertiary/aromatic N) is 4. The van der Waals surface area contributed by atoms with E-state index < -0.39 is 5.82 Å². The molecule has 0 bridgehead atoms. The zero-order valence-corrected chi connectivity index (χ0v) is 13.7. The molecule has 0 atom stereocenters. The standard InChI is InChI=1S/C17H21FN4O/c1-11(2)16-19-8-13-10-22(5-4-15(13)21-16)9-12-6-14(18)17(23-3)20-7-12/h6-8,11H,4-5,9-10H2,1-3H3. The average Bonchev–Trinajstić information content (AvgIpc) is 2.54. The van der Waals surface area contributed by atoms with Gasteiger partial charge in [0.2, 0.25) is 5.88 Å². The Hall–Kier alpha value is -2.08. The SMILES string of the molecule is COc1ncc(CN2CCc3nc(C(C)C)ncc3C2)cc1F. The summed E-state index contributed by atoms with van der Waals surface area (Å²) in [5.41, 5.74) is 3.13. The lowest BCUT2D eigenvalue weighted by Crippen LogP contribution is -2.31. The third kappa shape index (κ3) is 3.47. The Morgan fingerprint density at radius 1 is 1.30 bits per heavy atom. The monoisotopic (exact) mass is 316 g/mol. The van der Waals surface area contributed by atoms with Gasteiger partial charge in [0.25, 0.3) is 0 Å². The molecular weight excluding hydrogens is 295 g/mol. The summed E-state index contributed by atoms with van der Waals surface area (Å²) in [6, 6.07) is 1.49. The maximum absolute atomic E-state index is 13.7. The molecule has 0 unspecified atom stereocenters. The molecule has 0 radical (unpaired) electrons. The van der Waals surface area contributed by atoms with Crippen LogP contribution in [0.25, 0.3) is 0 Å². The number of rotatable bonds is 4. The minimum atomic E-state index is -0.424. The minimum Gasteiger partial charge on any atom is -0.479 e. The van der Waals surface area contributed by atoms with Gasteiger partial charge in [0.15, 0.2) is 5.82 Å².